The molecule has 0 bridgehead atoms. The van der Waals surface area contributed by atoms with E-state index in [9.17, 15) is 4.79 Å². The van der Waals surface area contributed by atoms with Crippen LogP contribution in [-0.2, 0) is 11.3 Å². The van der Waals surface area contributed by atoms with E-state index in [-0.39, 0.29) is 19.1 Å². The van der Waals surface area contributed by atoms with Crippen molar-refractivity contribution >= 4 is 17.5 Å². The van der Waals surface area contributed by atoms with Crippen molar-refractivity contribution in [2.45, 2.75) is 20.4 Å². The lowest BCUT2D eigenvalue weighted by Crippen LogP contribution is -2.34. The lowest BCUT2D eigenvalue weighted by Gasteiger charge is -2.19. The molecule has 7 heteroatoms. The van der Waals surface area contributed by atoms with Gasteiger partial charge in [-0.3, -0.25) is 4.79 Å². The number of halogens is 1. The van der Waals surface area contributed by atoms with E-state index >= 15 is 0 Å². The summed E-state index contributed by atoms with van der Waals surface area (Å²) >= 11 is 5.90. The summed E-state index contributed by atoms with van der Waals surface area (Å²) in [6.07, 6.45) is 1.64. The first-order valence-electron chi connectivity index (χ1n) is 9.13. The molecule has 1 amide bonds. The molecular formula is C22H22ClN3O3. The van der Waals surface area contributed by atoms with Gasteiger partial charge in [-0.15, -0.1) is 6.58 Å². The molecule has 3 aromatic rings. The molecule has 150 valence electrons. The average Bonchev–Trinajstić information content (AvgIpc) is 3.17. The van der Waals surface area contributed by atoms with Gasteiger partial charge >= 0.3 is 0 Å². The number of carbonyl (C=O) groups excluding carboxylic acids is 1. The first-order chi connectivity index (χ1) is 14.0. The summed E-state index contributed by atoms with van der Waals surface area (Å²) in [6, 6.07) is 12.9. The van der Waals surface area contributed by atoms with Crippen molar-refractivity contribution in [2.75, 3.05) is 13.2 Å². The second-order valence-electron chi connectivity index (χ2n) is 6.62. The van der Waals surface area contributed by atoms with Crippen LogP contribution in [0.3, 0.4) is 0 Å². The first kappa shape index (κ1) is 20.6. The molecule has 0 fully saturated rings. The predicted molar refractivity (Wildman–Crippen MR) is 112 cm³/mol. The number of amides is 1. The molecule has 1 aromatic heterocycles. The molecule has 0 unspecified atom stereocenters. The summed E-state index contributed by atoms with van der Waals surface area (Å²) in [4.78, 5) is 18.5. The van der Waals surface area contributed by atoms with Crippen LogP contribution < -0.4 is 4.74 Å². The monoisotopic (exact) mass is 411 g/mol. The van der Waals surface area contributed by atoms with E-state index in [1.165, 1.54) is 5.56 Å². The van der Waals surface area contributed by atoms with Gasteiger partial charge in [0.15, 0.2) is 6.61 Å². The Morgan fingerprint density at radius 3 is 2.66 bits per heavy atom. The highest BCUT2D eigenvalue weighted by atomic mass is 35.5. The lowest BCUT2D eigenvalue weighted by molar-refractivity contribution is -0.133. The molecule has 29 heavy (non-hydrogen) atoms. The molecule has 2 aromatic carbocycles. The fourth-order valence-electron chi connectivity index (χ4n) is 2.65. The Bertz CT molecular complexity index is 999. The van der Waals surface area contributed by atoms with Crippen LogP contribution in [0.15, 0.2) is 59.6 Å². The van der Waals surface area contributed by atoms with Crippen molar-refractivity contribution in [1.29, 1.82) is 0 Å². The topological polar surface area (TPSA) is 68.5 Å². The molecule has 0 aliphatic heterocycles. The van der Waals surface area contributed by atoms with Crippen LogP contribution in [0.1, 0.15) is 17.0 Å². The Kier molecular flexibility index (Phi) is 6.67. The first-order valence-corrected chi connectivity index (χ1v) is 9.51. The highest BCUT2D eigenvalue weighted by Gasteiger charge is 2.18. The van der Waals surface area contributed by atoms with E-state index in [0.717, 1.165) is 11.1 Å². The molecule has 0 aliphatic carbocycles. The lowest BCUT2D eigenvalue weighted by atomic mass is 10.1. The molecule has 0 saturated carbocycles. The normalized spacial score (nSPS) is 10.6. The second kappa shape index (κ2) is 9.39. The van der Waals surface area contributed by atoms with E-state index in [1.807, 2.05) is 32.0 Å². The third-order valence-electron chi connectivity index (χ3n) is 4.44. The zero-order chi connectivity index (χ0) is 20.8. The molecule has 0 N–H and O–H groups in total. The number of hydrogen-bond acceptors (Lipinski definition) is 5. The average molecular weight is 412 g/mol. The van der Waals surface area contributed by atoms with Crippen molar-refractivity contribution in [3.8, 4) is 17.1 Å². The molecule has 0 atom stereocenters. The van der Waals surface area contributed by atoms with E-state index in [1.54, 1.807) is 35.2 Å². The van der Waals surface area contributed by atoms with Crippen LogP contribution in [0.4, 0.5) is 0 Å². The maximum Gasteiger partial charge on any atom is 0.261 e. The van der Waals surface area contributed by atoms with Crippen LogP contribution >= 0.6 is 11.6 Å². The maximum absolute atomic E-state index is 12.6. The molecule has 6 nitrogen and oxygen atoms in total. The van der Waals surface area contributed by atoms with Gasteiger partial charge in [0.1, 0.15) is 12.3 Å². The molecule has 0 radical (unpaired) electrons. The number of benzene rings is 2. The van der Waals surface area contributed by atoms with Gasteiger partial charge in [0.25, 0.3) is 5.91 Å². The molecule has 0 saturated heterocycles. The zero-order valence-corrected chi connectivity index (χ0v) is 17.1. The third kappa shape index (κ3) is 5.45. The van der Waals surface area contributed by atoms with Crippen molar-refractivity contribution in [3.63, 3.8) is 0 Å². The smallest absolute Gasteiger partial charge is 0.261 e. The number of aromatic nitrogens is 2. The Labute approximate surface area is 174 Å². The number of aryl methyl sites for hydroxylation is 2. The maximum atomic E-state index is 12.6. The number of hydrogen-bond donors (Lipinski definition) is 0. The third-order valence-corrected chi connectivity index (χ3v) is 4.69. The van der Waals surface area contributed by atoms with Gasteiger partial charge in [0, 0.05) is 17.1 Å². The van der Waals surface area contributed by atoms with Crippen LogP contribution in [0.25, 0.3) is 11.4 Å². The Balaban J connectivity index is 1.64. The van der Waals surface area contributed by atoms with Gasteiger partial charge in [0.2, 0.25) is 11.7 Å². The Morgan fingerprint density at radius 1 is 1.21 bits per heavy atom. The largest absolute Gasteiger partial charge is 0.484 e. The molecule has 3 rings (SSSR count). The van der Waals surface area contributed by atoms with Gasteiger partial charge in [-0.2, -0.15) is 4.98 Å². The fraction of sp³-hybridized carbons (Fsp3) is 0.227. The number of rotatable bonds is 8. The minimum absolute atomic E-state index is 0.0888. The van der Waals surface area contributed by atoms with Crippen LogP contribution in [0.5, 0.6) is 5.75 Å². The molecular weight excluding hydrogens is 390 g/mol. The van der Waals surface area contributed by atoms with Crippen LogP contribution in [0, 0.1) is 13.8 Å². The summed E-state index contributed by atoms with van der Waals surface area (Å²) in [5, 5.41) is 4.60. The quantitative estimate of drug-likeness (QED) is 0.506. The summed E-state index contributed by atoms with van der Waals surface area (Å²) in [6.45, 7) is 8.16. The van der Waals surface area contributed by atoms with Crippen LogP contribution in [-0.4, -0.2) is 34.1 Å². The standard InChI is InChI=1S/C22H22ClN3O3/c1-4-11-26(21(27)14-28-19-10-5-15(2)16(3)12-19)13-20-24-22(25-29-20)17-6-8-18(23)9-7-17/h4-10,12H,1,11,13-14H2,2-3H3. The van der Waals surface area contributed by atoms with E-state index < -0.39 is 0 Å². The Hall–Kier alpha value is -3.12. The van der Waals surface area contributed by atoms with Gasteiger partial charge in [0.05, 0.1) is 0 Å². The SMILES string of the molecule is C=CCN(Cc1nc(-c2ccc(Cl)cc2)no1)C(=O)COc1ccc(C)c(C)c1. The highest BCUT2D eigenvalue weighted by molar-refractivity contribution is 6.30. The molecule has 0 spiro atoms. The number of ether oxygens (including phenoxy) is 1. The summed E-state index contributed by atoms with van der Waals surface area (Å²) in [5.41, 5.74) is 3.06. The van der Waals surface area contributed by atoms with E-state index in [0.29, 0.717) is 29.0 Å². The minimum atomic E-state index is -0.200. The van der Waals surface area contributed by atoms with Crippen molar-refractivity contribution in [3.05, 3.63) is 77.2 Å². The predicted octanol–water partition coefficient (Wildman–Crippen LogP) is 4.60. The number of nitrogens with zero attached hydrogens (tertiary/aromatic N) is 3. The van der Waals surface area contributed by atoms with Crippen molar-refractivity contribution in [2.24, 2.45) is 0 Å². The van der Waals surface area contributed by atoms with Gasteiger partial charge in [-0.25, -0.2) is 0 Å². The summed E-state index contributed by atoms with van der Waals surface area (Å²) in [5.74, 6) is 1.22. The second-order valence-corrected chi connectivity index (χ2v) is 7.05. The summed E-state index contributed by atoms with van der Waals surface area (Å²) < 4.78 is 11.0. The minimum Gasteiger partial charge on any atom is -0.484 e. The molecule has 1 heterocycles. The van der Waals surface area contributed by atoms with Crippen LogP contribution in [0.2, 0.25) is 5.02 Å². The Morgan fingerprint density at radius 2 is 1.97 bits per heavy atom. The number of carbonyl (C=O) groups is 1. The zero-order valence-electron chi connectivity index (χ0n) is 16.4. The van der Waals surface area contributed by atoms with Crippen molar-refractivity contribution < 1.29 is 14.1 Å². The summed E-state index contributed by atoms with van der Waals surface area (Å²) in [7, 11) is 0. The molecule has 0 aliphatic rings. The van der Waals surface area contributed by atoms with Gasteiger partial charge < -0.3 is 14.2 Å². The van der Waals surface area contributed by atoms with E-state index in [2.05, 4.69) is 16.7 Å². The highest BCUT2D eigenvalue weighted by Crippen LogP contribution is 2.19. The fourth-order valence-corrected chi connectivity index (χ4v) is 2.77. The van der Waals surface area contributed by atoms with Gasteiger partial charge in [-0.05, 0) is 61.4 Å². The van der Waals surface area contributed by atoms with Gasteiger partial charge in [-0.1, -0.05) is 28.9 Å². The van der Waals surface area contributed by atoms with E-state index in [4.69, 9.17) is 20.9 Å². The van der Waals surface area contributed by atoms with Crippen molar-refractivity contribution in [1.82, 2.24) is 15.0 Å².